The van der Waals surface area contributed by atoms with Crippen molar-refractivity contribution in [1.82, 2.24) is 5.32 Å². The fourth-order valence-electron chi connectivity index (χ4n) is 1.37. The summed E-state index contributed by atoms with van der Waals surface area (Å²) in [5.41, 5.74) is 0.985. The number of thiocarbonyl (C=S) groups is 1. The van der Waals surface area contributed by atoms with E-state index < -0.39 is 0 Å². The average Bonchev–Trinajstić information content (AvgIpc) is 2.52. The topological polar surface area (TPSA) is 15.3 Å². The van der Waals surface area contributed by atoms with Crippen molar-refractivity contribution in [3.05, 3.63) is 29.3 Å². The van der Waals surface area contributed by atoms with Gasteiger partial charge < -0.3 is 10.2 Å². The lowest BCUT2D eigenvalue weighted by Gasteiger charge is -2.17. The molecule has 0 aromatic heterocycles. The third kappa shape index (κ3) is 1.62. The van der Waals surface area contributed by atoms with Crippen LogP contribution in [0.15, 0.2) is 24.3 Å². The first-order chi connectivity index (χ1) is 6.29. The Morgan fingerprint density at radius 2 is 2.15 bits per heavy atom. The molecule has 0 radical (unpaired) electrons. The minimum atomic E-state index is 0.744. The molecule has 0 atom stereocenters. The van der Waals surface area contributed by atoms with Crippen LogP contribution in [0.25, 0.3) is 0 Å². The summed E-state index contributed by atoms with van der Waals surface area (Å²) in [5.74, 6) is 0. The molecule has 68 valence electrons. The molecule has 0 aliphatic carbocycles. The van der Waals surface area contributed by atoms with Gasteiger partial charge in [-0.1, -0.05) is 23.7 Å². The molecule has 1 aliphatic rings. The van der Waals surface area contributed by atoms with Gasteiger partial charge in [-0.05, 0) is 24.4 Å². The number of nitrogens with one attached hydrogen (secondary N) is 1. The number of anilines is 1. The molecule has 2 nitrogen and oxygen atoms in total. The van der Waals surface area contributed by atoms with Gasteiger partial charge in [0.2, 0.25) is 0 Å². The lowest BCUT2D eigenvalue weighted by atomic mass is 10.3. The largest absolute Gasteiger partial charge is 0.360 e. The summed E-state index contributed by atoms with van der Waals surface area (Å²) in [6, 6.07) is 7.72. The van der Waals surface area contributed by atoms with Crippen LogP contribution >= 0.6 is 23.8 Å². The predicted molar refractivity (Wildman–Crippen MR) is 59.4 cm³/mol. The smallest absolute Gasteiger partial charge is 0.173 e. The standard InChI is InChI=1S/C9H9ClN2S/c10-7-3-1-2-4-8(7)12-6-5-11-9(12)13/h1-4H,5-6H2,(H,11,13). The summed E-state index contributed by atoms with van der Waals surface area (Å²) in [6.07, 6.45) is 0. The fraction of sp³-hybridized carbons (Fsp3) is 0.222. The highest BCUT2D eigenvalue weighted by Gasteiger charge is 2.18. The van der Waals surface area contributed by atoms with Crippen LogP contribution in [0, 0.1) is 0 Å². The first-order valence-corrected chi connectivity index (χ1v) is 4.87. The van der Waals surface area contributed by atoms with Gasteiger partial charge in [0.1, 0.15) is 0 Å². The van der Waals surface area contributed by atoms with Crippen molar-refractivity contribution in [2.45, 2.75) is 0 Å². The Balaban J connectivity index is 2.34. The van der Waals surface area contributed by atoms with Gasteiger partial charge in [-0.3, -0.25) is 0 Å². The van der Waals surface area contributed by atoms with Crippen molar-refractivity contribution in [2.75, 3.05) is 18.0 Å². The van der Waals surface area contributed by atoms with E-state index in [1.165, 1.54) is 0 Å². The highest BCUT2D eigenvalue weighted by atomic mass is 35.5. The zero-order chi connectivity index (χ0) is 9.26. The lowest BCUT2D eigenvalue weighted by Crippen LogP contribution is -2.27. The highest BCUT2D eigenvalue weighted by molar-refractivity contribution is 7.80. The van der Waals surface area contributed by atoms with Crippen LogP contribution in [0.1, 0.15) is 0 Å². The minimum absolute atomic E-state index is 0.744. The molecule has 1 aromatic carbocycles. The van der Waals surface area contributed by atoms with Gasteiger partial charge in [-0.2, -0.15) is 0 Å². The van der Waals surface area contributed by atoms with E-state index in [0.717, 1.165) is 28.9 Å². The SMILES string of the molecule is S=C1NCCN1c1ccccc1Cl. The molecular weight excluding hydrogens is 204 g/mol. The number of rotatable bonds is 1. The Morgan fingerprint density at radius 1 is 1.38 bits per heavy atom. The Bertz CT molecular complexity index is 340. The molecule has 1 saturated heterocycles. The molecule has 1 fully saturated rings. The molecule has 2 rings (SSSR count). The third-order valence-corrected chi connectivity index (χ3v) is 2.68. The maximum absolute atomic E-state index is 6.04. The Labute approximate surface area is 87.5 Å². The monoisotopic (exact) mass is 212 g/mol. The molecule has 0 saturated carbocycles. The van der Waals surface area contributed by atoms with E-state index in [1.807, 2.05) is 29.2 Å². The predicted octanol–water partition coefficient (Wildman–Crippen LogP) is 2.03. The summed E-state index contributed by atoms with van der Waals surface area (Å²) in [6.45, 7) is 1.78. The van der Waals surface area contributed by atoms with Crippen molar-refractivity contribution >= 4 is 34.6 Å². The van der Waals surface area contributed by atoms with E-state index in [0.29, 0.717) is 0 Å². The van der Waals surface area contributed by atoms with E-state index >= 15 is 0 Å². The van der Waals surface area contributed by atoms with Crippen LogP contribution in [-0.2, 0) is 0 Å². The van der Waals surface area contributed by atoms with Gasteiger partial charge in [0.25, 0.3) is 0 Å². The molecule has 1 N–H and O–H groups in total. The zero-order valence-electron chi connectivity index (χ0n) is 6.96. The molecule has 13 heavy (non-hydrogen) atoms. The van der Waals surface area contributed by atoms with Gasteiger partial charge in [0.15, 0.2) is 5.11 Å². The second kappa shape index (κ2) is 3.52. The van der Waals surface area contributed by atoms with Crippen LogP contribution in [-0.4, -0.2) is 18.2 Å². The van der Waals surface area contributed by atoms with Crippen LogP contribution in [0.4, 0.5) is 5.69 Å². The van der Waals surface area contributed by atoms with Gasteiger partial charge in [-0.15, -0.1) is 0 Å². The minimum Gasteiger partial charge on any atom is -0.360 e. The van der Waals surface area contributed by atoms with Gasteiger partial charge >= 0.3 is 0 Å². The van der Waals surface area contributed by atoms with Gasteiger partial charge in [0, 0.05) is 13.1 Å². The van der Waals surface area contributed by atoms with Gasteiger partial charge in [-0.25, -0.2) is 0 Å². The number of halogens is 1. The van der Waals surface area contributed by atoms with E-state index in [4.69, 9.17) is 23.8 Å². The summed E-state index contributed by atoms with van der Waals surface area (Å²) in [7, 11) is 0. The van der Waals surface area contributed by atoms with E-state index in [-0.39, 0.29) is 0 Å². The van der Waals surface area contributed by atoms with E-state index in [1.54, 1.807) is 0 Å². The fourth-order valence-corrected chi connectivity index (χ4v) is 1.90. The third-order valence-electron chi connectivity index (χ3n) is 2.00. The summed E-state index contributed by atoms with van der Waals surface area (Å²) in [5, 5.41) is 4.60. The van der Waals surface area contributed by atoms with Crippen LogP contribution in [0.3, 0.4) is 0 Å². The molecule has 0 bridgehead atoms. The molecule has 0 amide bonds. The van der Waals surface area contributed by atoms with Crippen molar-refractivity contribution in [1.29, 1.82) is 0 Å². The molecule has 4 heteroatoms. The van der Waals surface area contributed by atoms with Crippen molar-refractivity contribution in [2.24, 2.45) is 0 Å². The van der Waals surface area contributed by atoms with Gasteiger partial charge in [0.05, 0.1) is 10.7 Å². The first-order valence-electron chi connectivity index (χ1n) is 4.09. The number of hydrogen-bond donors (Lipinski definition) is 1. The zero-order valence-corrected chi connectivity index (χ0v) is 8.53. The molecule has 1 aliphatic heterocycles. The molecule has 1 aromatic rings. The number of para-hydroxylation sites is 1. The van der Waals surface area contributed by atoms with E-state index in [2.05, 4.69) is 5.32 Å². The number of benzene rings is 1. The van der Waals surface area contributed by atoms with E-state index in [9.17, 15) is 0 Å². The average molecular weight is 213 g/mol. The quantitative estimate of drug-likeness (QED) is 0.718. The second-order valence-corrected chi connectivity index (χ2v) is 3.63. The first kappa shape index (κ1) is 8.78. The molecular formula is C9H9ClN2S. The molecule has 0 spiro atoms. The van der Waals surface area contributed by atoms with Crippen LogP contribution < -0.4 is 10.2 Å². The van der Waals surface area contributed by atoms with Crippen molar-refractivity contribution in [3.63, 3.8) is 0 Å². The Morgan fingerprint density at radius 3 is 2.77 bits per heavy atom. The lowest BCUT2D eigenvalue weighted by molar-refractivity contribution is 0.975. The van der Waals surface area contributed by atoms with Crippen molar-refractivity contribution < 1.29 is 0 Å². The Hall–Kier alpha value is -0.800. The maximum Gasteiger partial charge on any atom is 0.173 e. The summed E-state index contributed by atoms with van der Waals surface area (Å²) < 4.78 is 0. The van der Waals surface area contributed by atoms with Crippen LogP contribution in [0.2, 0.25) is 5.02 Å². The number of hydrogen-bond acceptors (Lipinski definition) is 1. The molecule has 0 unspecified atom stereocenters. The normalized spacial score (nSPS) is 16.1. The molecule has 1 heterocycles. The second-order valence-electron chi connectivity index (χ2n) is 2.83. The maximum atomic E-state index is 6.04. The Kier molecular flexibility index (Phi) is 2.38. The summed E-state index contributed by atoms with van der Waals surface area (Å²) in [4.78, 5) is 2.01. The van der Waals surface area contributed by atoms with Crippen molar-refractivity contribution in [3.8, 4) is 0 Å². The van der Waals surface area contributed by atoms with Crippen LogP contribution in [0.5, 0.6) is 0 Å². The highest BCUT2D eigenvalue weighted by Crippen LogP contribution is 2.25. The number of nitrogens with zero attached hydrogens (tertiary/aromatic N) is 1. The summed E-state index contributed by atoms with van der Waals surface area (Å²) >= 11 is 11.2.